The van der Waals surface area contributed by atoms with Crippen LogP contribution in [0.4, 0.5) is 0 Å². The molecule has 2 rings (SSSR count). The Labute approximate surface area is 96.2 Å². The van der Waals surface area contributed by atoms with Crippen LogP contribution in [0.2, 0.25) is 5.02 Å². The summed E-state index contributed by atoms with van der Waals surface area (Å²) in [6.45, 7) is 0.807. The monoisotopic (exact) mass is 244 g/mol. The van der Waals surface area contributed by atoms with E-state index in [-0.39, 0.29) is 10.6 Å². The molecule has 1 aromatic carbocycles. The fraction of sp³-hybridized carbons (Fsp3) is 0.300. The number of carboxylic acids is 1. The third-order valence-electron chi connectivity index (χ3n) is 2.19. The lowest BCUT2D eigenvalue weighted by molar-refractivity contribution is -0.146. The molecule has 1 aromatic rings. The molecule has 5 nitrogen and oxygen atoms in total. The number of fused-ring (bicyclic) bond motifs is 1. The van der Waals surface area contributed by atoms with E-state index in [1.54, 1.807) is 0 Å². The fourth-order valence-electron chi connectivity index (χ4n) is 1.42. The summed E-state index contributed by atoms with van der Waals surface area (Å²) in [5.74, 6) is -0.512. The van der Waals surface area contributed by atoms with E-state index in [0.29, 0.717) is 24.7 Å². The number of rotatable bonds is 2. The molecule has 0 radical (unpaired) electrons. The van der Waals surface area contributed by atoms with E-state index in [1.807, 2.05) is 0 Å². The number of aliphatic hydroxyl groups is 1. The first kappa shape index (κ1) is 11.0. The largest absolute Gasteiger partial charge is 0.486 e. The molecule has 0 saturated carbocycles. The molecule has 0 bridgehead atoms. The summed E-state index contributed by atoms with van der Waals surface area (Å²) in [7, 11) is 0. The van der Waals surface area contributed by atoms with Crippen molar-refractivity contribution in [1.82, 2.24) is 0 Å². The van der Waals surface area contributed by atoms with Gasteiger partial charge in [-0.3, -0.25) is 0 Å². The van der Waals surface area contributed by atoms with E-state index in [4.69, 9.17) is 26.2 Å². The molecule has 6 heteroatoms. The molecule has 2 N–H and O–H groups in total. The number of carbonyl (C=O) groups is 1. The Morgan fingerprint density at radius 2 is 1.88 bits per heavy atom. The number of aliphatic hydroxyl groups excluding tert-OH is 1. The zero-order chi connectivity index (χ0) is 11.7. The van der Waals surface area contributed by atoms with Crippen LogP contribution in [0, 0.1) is 0 Å². The van der Waals surface area contributed by atoms with Gasteiger partial charge < -0.3 is 19.7 Å². The second-order valence-corrected chi connectivity index (χ2v) is 3.67. The van der Waals surface area contributed by atoms with E-state index >= 15 is 0 Å². The lowest BCUT2D eigenvalue weighted by Gasteiger charge is -2.20. The molecule has 0 aliphatic carbocycles. The lowest BCUT2D eigenvalue weighted by atomic mass is 10.1. The highest BCUT2D eigenvalue weighted by Crippen LogP contribution is 2.37. The molecule has 1 unspecified atom stereocenters. The van der Waals surface area contributed by atoms with Crippen LogP contribution in [0.5, 0.6) is 11.5 Å². The predicted octanol–water partition coefficient (Wildman–Crippen LogP) is 1.23. The van der Waals surface area contributed by atoms with Crippen LogP contribution in [-0.2, 0) is 4.79 Å². The third kappa shape index (κ3) is 1.91. The number of ether oxygens (including phenoxy) is 2. The minimum Gasteiger partial charge on any atom is -0.486 e. The van der Waals surface area contributed by atoms with Crippen LogP contribution in [0.3, 0.4) is 0 Å². The van der Waals surface area contributed by atoms with Crippen LogP contribution in [-0.4, -0.2) is 29.4 Å². The van der Waals surface area contributed by atoms with Crippen LogP contribution < -0.4 is 9.47 Å². The molecule has 0 saturated heterocycles. The van der Waals surface area contributed by atoms with Gasteiger partial charge in [0.1, 0.15) is 13.2 Å². The normalized spacial score (nSPS) is 15.6. The molecule has 0 spiro atoms. The van der Waals surface area contributed by atoms with Gasteiger partial charge in [0.25, 0.3) is 0 Å². The second kappa shape index (κ2) is 4.19. The number of halogens is 1. The Balaban J connectivity index is 2.43. The summed E-state index contributed by atoms with van der Waals surface area (Å²) >= 11 is 5.84. The SMILES string of the molecule is O=C(O)C(O)c1cc2c(cc1Cl)OCCO2. The Kier molecular flexibility index (Phi) is 2.89. The molecule has 1 aliphatic rings. The fourth-order valence-corrected chi connectivity index (χ4v) is 1.68. The van der Waals surface area contributed by atoms with Gasteiger partial charge in [0.2, 0.25) is 0 Å². The number of benzene rings is 1. The minimum absolute atomic E-state index is 0.0958. The average Bonchev–Trinajstić information content (AvgIpc) is 2.27. The summed E-state index contributed by atoms with van der Waals surface area (Å²) in [4.78, 5) is 10.6. The van der Waals surface area contributed by atoms with Crippen molar-refractivity contribution in [3.05, 3.63) is 22.7 Å². The minimum atomic E-state index is -1.66. The second-order valence-electron chi connectivity index (χ2n) is 3.26. The summed E-state index contributed by atoms with van der Waals surface area (Å²) < 4.78 is 10.5. The van der Waals surface area contributed by atoms with Crippen molar-refractivity contribution >= 4 is 17.6 Å². The number of carboxylic acid groups (broad SMARTS) is 1. The molecule has 0 aromatic heterocycles. The van der Waals surface area contributed by atoms with Crippen molar-refractivity contribution in [3.63, 3.8) is 0 Å². The van der Waals surface area contributed by atoms with E-state index in [0.717, 1.165) is 0 Å². The first-order valence-corrected chi connectivity index (χ1v) is 4.97. The van der Waals surface area contributed by atoms with Crippen LogP contribution in [0.25, 0.3) is 0 Å². The molecule has 0 fully saturated rings. The van der Waals surface area contributed by atoms with Gasteiger partial charge in [0.15, 0.2) is 17.6 Å². The topological polar surface area (TPSA) is 76.0 Å². The number of hydrogen-bond acceptors (Lipinski definition) is 4. The van der Waals surface area contributed by atoms with Crippen LogP contribution in [0.1, 0.15) is 11.7 Å². The first-order valence-electron chi connectivity index (χ1n) is 4.59. The van der Waals surface area contributed by atoms with E-state index in [1.165, 1.54) is 12.1 Å². The zero-order valence-electron chi connectivity index (χ0n) is 8.14. The molecule has 16 heavy (non-hydrogen) atoms. The highest BCUT2D eigenvalue weighted by atomic mass is 35.5. The molecule has 1 atom stereocenters. The molecule has 1 heterocycles. The lowest BCUT2D eigenvalue weighted by Crippen LogP contribution is -2.17. The maximum atomic E-state index is 10.6. The van der Waals surface area contributed by atoms with Gasteiger partial charge in [-0.25, -0.2) is 4.79 Å². The third-order valence-corrected chi connectivity index (χ3v) is 2.52. The van der Waals surface area contributed by atoms with Gasteiger partial charge in [-0.05, 0) is 6.07 Å². The summed E-state index contributed by atoms with van der Waals surface area (Å²) in [5, 5.41) is 18.2. The highest BCUT2D eigenvalue weighted by molar-refractivity contribution is 6.31. The Morgan fingerprint density at radius 3 is 2.44 bits per heavy atom. The predicted molar refractivity (Wildman–Crippen MR) is 55.0 cm³/mol. The van der Waals surface area contributed by atoms with Crippen LogP contribution in [0.15, 0.2) is 12.1 Å². The van der Waals surface area contributed by atoms with Crippen molar-refractivity contribution in [2.45, 2.75) is 6.10 Å². The van der Waals surface area contributed by atoms with Crippen molar-refractivity contribution in [2.75, 3.05) is 13.2 Å². The summed E-state index contributed by atoms with van der Waals surface area (Å²) in [6.07, 6.45) is -1.66. The molecular formula is C10H9ClO5. The Bertz CT molecular complexity index is 431. The van der Waals surface area contributed by atoms with Gasteiger partial charge in [0, 0.05) is 11.6 Å². The summed E-state index contributed by atoms with van der Waals surface area (Å²) in [5.41, 5.74) is 0.0958. The van der Waals surface area contributed by atoms with Gasteiger partial charge in [-0.2, -0.15) is 0 Å². The smallest absolute Gasteiger partial charge is 0.337 e. The maximum absolute atomic E-state index is 10.6. The van der Waals surface area contributed by atoms with E-state index in [9.17, 15) is 9.90 Å². The van der Waals surface area contributed by atoms with Crippen molar-refractivity contribution in [3.8, 4) is 11.5 Å². The quantitative estimate of drug-likeness (QED) is 0.818. The average molecular weight is 245 g/mol. The van der Waals surface area contributed by atoms with Crippen LogP contribution >= 0.6 is 11.6 Å². The van der Waals surface area contributed by atoms with Crippen molar-refractivity contribution in [1.29, 1.82) is 0 Å². The van der Waals surface area contributed by atoms with Crippen molar-refractivity contribution < 1.29 is 24.5 Å². The number of hydrogen-bond donors (Lipinski definition) is 2. The first-order chi connectivity index (χ1) is 7.59. The Morgan fingerprint density at radius 1 is 1.31 bits per heavy atom. The van der Waals surface area contributed by atoms with Gasteiger partial charge >= 0.3 is 5.97 Å². The van der Waals surface area contributed by atoms with E-state index in [2.05, 4.69) is 0 Å². The van der Waals surface area contributed by atoms with Crippen molar-refractivity contribution in [2.24, 2.45) is 0 Å². The zero-order valence-corrected chi connectivity index (χ0v) is 8.90. The maximum Gasteiger partial charge on any atom is 0.337 e. The van der Waals surface area contributed by atoms with Gasteiger partial charge in [-0.15, -0.1) is 0 Å². The standard InChI is InChI=1S/C10H9ClO5/c11-6-4-8-7(15-1-2-16-8)3-5(6)9(12)10(13)14/h3-4,9,12H,1-2H2,(H,13,14). The van der Waals surface area contributed by atoms with Gasteiger partial charge in [0.05, 0.1) is 5.02 Å². The Hall–Kier alpha value is -1.46. The van der Waals surface area contributed by atoms with Gasteiger partial charge in [-0.1, -0.05) is 11.6 Å². The number of aliphatic carboxylic acids is 1. The highest BCUT2D eigenvalue weighted by Gasteiger charge is 2.23. The molecule has 1 aliphatic heterocycles. The summed E-state index contributed by atoms with van der Waals surface area (Å²) in [6, 6.07) is 2.83. The molecule has 86 valence electrons. The van der Waals surface area contributed by atoms with E-state index < -0.39 is 12.1 Å². The molecular weight excluding hydrogens is 236 g/mol. The molecule has 0 amide bonds.